The number of anilines is 1. The van der Waals surface area contributed by atoms with Crippen LogP contribution in [0.4, 0.5) is 14.9 Å². The van der Waals surface area contributed by atoms with Crippen molar-refractivity contribution in [1.82, 2.24) is 0 Å². The Morgan fingerprint density at radius 2 is 2.00 bits per heavy atom. The molecule has 2 unspecified atom stereocenters. The van der Waals surface area contributed by atoms with Gasteiger partial charge in [-0.1, -0.05) is 25.1 Å². The van der Waals surface area contributed by atoms with Crippen LogP contribution in [-0.4, -0.2) is 12.2 Å². The maximum atomic E-state index is 13.9. The van der Waals surface area contributed by atoms with Crippen molar-refractivity contribution in [3.8, 4) is 0 Å². The average molecular weight is 261 g/mol. The normalized spacial score (nSPS) is 26.9. The molecule has 0 spiro atoms. The van der Waals surface area contributed by atoms with Gasteiger partial charge in [-0.3, -0.25) is 0 Å². The molecule has 0 aromatic heterocycles. The van der Waals surface area contributed by atoms with Crippen molar-refractivity contribution in [2.24, 2.45) is 5.92 Å². The molecule has 0 N–H and O–H groups in total. The van der Waals surface area contributed by atoms with E-state index in [1.54, 1.807) is 18.2 Å². The minimum absolute atomic E-state index is 0.0863. The number of para-hydroxylation sites is 1. The number of rotatable bonds is 1. The molecule has 100 valence electrons. The van der Waals surface area contributed by atoms with Crippen LogP contribution in [-0.2, 0) is 4.74 Å². The van der Waals surface area contributed by atoms with Crippen molar-refractivity contribution in [2.45, 2.75) is 31.8 Å². The van der Waals surface area contributed by atoms with E-state index in [4.69, 9.17) is 4.74 Å². The van der Waals surface area contributed by atoms with Gasteiger partial charge < -0.3 is 4.74 Å². The number of halogens is 1. The fourth-order valence-corrected chi connectivity index (χ4v) is 2.97. The van der Waals surface area contributed by atoms with E-state index in [0.29, 0.717) is 5.70 Å². The third-order valence-corrected chi connectivity index (χ3v) is 3.95. The Morgan fingerprint density at radius 1 is 1.26 bits per heavy atom. The van der Waals surface area contributed by atoms with Crippen LogP contribution in [0.1, 0.15) is 25.7 Å². The highest BCUT2D eigenvalue weighted by atomic mass is 19.1. The van der Waals surface area contributed by atoms with Crippen LogP contribution in [0, 0.1) is 11.7 Å². The molecule has 3 rings (SSSR count). The zero-order valence-electron chi connectivity index (χ0n) is 10.6. The summed E-state index contributed by atoms with van der Waals surface area (Å²) in [5.74, 6) is -0.319. The third-order valence-electron chi connectivity index (χ3n) is 3.95. The van der Waals surface area contributed by atoms with Crippen molar-refractivity contribution >= 4 is 11.8 Å². The molecule has 1 aromatic rings. The van der Waals surface area contributed by atoms with E-state index in [-0.39, 0.29) is 17.7 Å². The van der Waals surface area contributed by atoms with Crippen LogP contribution < -0.4 is 4.90 Å². The zero-order valence-corrected chi connectivity index (χ0v) is 10.6. The van der Waals surface area contributed by atoms with Gasteiger partial charge in [0.05, 0.1) is 5.69 Å². The lowest BCUT2D eigenvalue weighted by atomic mass is 9.83. The van der Waals surface area contributed by atoms with Crippen molar-refractivity contribution in [3.63, 3.8) is 0 Å². The number of nitrogens with zero attached hydrogens (tertiary/aromatic N) is 1. The number of carbonyl (C=O) groups is 1. The molecule has 19 heavy (non-hydrogen) atoms. The Morgan fingerprint density at radius 3 is 2.79 bits per heavy atom. The van der Waals surface area contributed by atoms with Crippen LogP contribution in [0.15, 0.2) is 36.5 Å². The summed E-state index contributed by atoms with van der Waals surface area (Å²) in [6.45, 7) is 4.01. The molecular weight excluding hydrogens is 245 g/mol. The van der Waals surface area contributed by atoms with E-state index < -0.39 is 11.9 Å². The van der Waals surface area contributed by atoms with Crippen LogP contribution in [0.3, 0.4) is 0 Å². The summed E-state index contributed by atoms with van der Waals surface area (Å²) in [5, 5.41) is 0. The standard InChI is InChI=1S/C15H16FNO2/c1-10-11-6-2-5-9-14(11)19-15(18)17(10)13-8-4-3-7-12(13)16/h3-4,7-8,11,14H,1-2,5-6,9H2. The minimum Gasteiger partial charge on any atom is -0.445 e. The Hall–Kier alpha value is -1.84. The quantitative estimate of drug-likeness (QED) is 0.768. The Bertz CT molecular complexity index is 529. The fraction of sp³-hybridized carbons (Fsp3) is 0.400. The van der Waals surface area contributed by atoms with E-state index in [0.717, 1.165) is 25.7 Å². The van der Waals surface area contributed by atoms with Gasteiger partial charge in [-0.05, 0) is 31.4 Å². The van der Waals surface area contributed by atoms with Gasteiger partial charge in [-0.2, -0.15) is 0 Å². The smallest absolute Gasteiger partial charge is 0.419 e. The number of hydrogen-bond acceptors (Lipinski definition) is 2. The van der Waals surface area contributed by atoms with Crippen LogP contribution in [0.25, 0.3) is 0 Å². The monoisotopic (exact) mass is 261 g/mol. The van der Waals surface area contributed by atoms with E-state index in [1.807, 2.05) is 0 Å². The molecule has 3 nitrogen and oxygen atoms in total. The predicted molar refractivity (Wildman–Crippen MR) is 70.2 cm³/mol. The second kappa shape index (κ2) is 4.68. The highest BCUT2D eigenvalue weighted by molar-refractivity contribution is 5.92. The zero-order chi connectivity index (χ0) is 13.4. The van der Waals surface area contributed by atoms with Crippen LogP contribution >= 0.6 is 0 Å². The van der Waals surface area contributed by atoms with Crippen molar-refractivity contribution in [3.05, 3.63) is 42.4 Å². The molecule has 2 fully saturated rings. The number of amides is 1. The maximum Gasteiger partial charge on any atom is 0.419 e. The van der Waals surface area contributed by atoms with Crippen LogP contribution in [0.5, 0.6) is 0 Å². The molecule has 2 atom stereocenters. The first-order chi connectivity index (χ1) is 9.18. The lowest BCUT2D eigenvalue weighted by molar-refractivity contribution is 0.0383. The molecular formula is C15H16FNO2. The number of ether oxygens (including phenoxy) is 1. The molecule has 1 aromatic carbocycles. The SMILES string of the molecule is C=C1C2CCCCC2OC(=O)N1c1ccccc1F. The molecule has 0 bridgehead atoms. The molecule has 1 heterocycles. The molecule has 2 aliphatic rings. The lowest BCUT2D eigenvalue weighted by Crippen LogP contribution is -2.47. The van der Waals surface area contributed by atoms with Gasteiger partial charge in [0.2, 0.25) is 0 Å². The number of carbonyl (C=O) groups excluding carboxylic acids is 1. The summed E-state index contributed by atoms with van der Waals surface area (Å²) >= 11 is 0. The van der Waals surface area contributed by atoms with Gasteiger partial charge in [0.25, 0.3) is 0 Å². The van der Waals surface area contributed by atoms with E-state index in [2.05, 4.69) is 6.58 Å². The predicted octanol–water partition coefficient (Wildman–Crippen LogP) is 3.85. The summed E-state index contributed by atoms with van der Waals surface area (Å²) in [4.78, 5) is 13.4. The molecule has 1 aliphatic carbocycles. The third kappa shape index (κ3) is 2.01. The molecule has 1 aliphatic heterocycles. The number of hydrogen-bond donors (Lipinski definition) is 0. The Labute approximate surface area is 111 Å². The first-order valence-corrected chi connectivity index (χ1v) is 6.62. The van der Waals surface area contributed by atoms with Gasteiger partial charge in [0.1, 0.15) is 11.9 Å². The molecule has 0 radical (unpaired) electrons. The van der Waals surface area contributed by atoms with Gasteiger partial charge >= 0.3 is 6.09 Å². The molecule has 4 heteroatoms. The summed E-state index contributed by atoms with van der Waals surface area (Å²) in [6.07, 6.45) is 3.39. The van der Waals surface area contributed by atoms with Crippen LogP contribution in [0.2, 0.25) is 0 Å². The van der Waals surface area contributed by atoms with Crippen molar-refractivity contribution in [1.29, 1.82) is 0 Å². The van der Waals surface area contributed by atoms with Gasteiger partial charge in [-0.25, -0.2) is 14.1 Å². The number of fused-ring (bicyclic) bond motifs is 1. The minimum atomic E-state index is -0.516. The number of benzene rings is 1. The lowest BCUT2D eigenvalue weighted by Gasteiger charge is -2.41. The van der Waals surface area contributed by atoms with E-state index in [9.17, 15) is 9.18 Å². The topological polar surface area (TPSA) is 29.5 Å². The highest BCUT2D eigenvalue weighted by Crippen LogP contribution is 2.39. The first kappa shape index (κ1) is 12.2. The van der Waals surface area contributed by atoms with E-state index >= 15 is 0 Å². The second-order valence-electron chi connectivity index (χ2n) is 5.09. The highest BCUT2D eigenvalue weighted by Gasteiger charge is 2.41. The van der Waals surface area contributed by atoms with Gasteiger partial charge in [0, 0.05) is 11.6 Å². The van der Waals surface area contributed by atoms with E-state index in [1.165, 1.54) is 11.0 Å². The van der Waals surface area contributed by atoms with Gasteiger partial charge in [0.15, 0.2) is 0 Å². The summed E-state index contributed by atoms with van der Waals surface area (Å²) in [7, 11) is 0. The van der Waals surface area contributed by atoms with Crippen molar-refractivity contribution < 1.29 is 13.9 Å². The van der Waals surface area contributed by atoms with Gasteiger partial charge in [-0.15, -0.1) is 0 Å². The molecule has 1 amide bonds. The Kier molecular flexibility index (Phi) is 3.01. The largest absolute Gasteiger partial charge is 0.445 e. The van der Waals surface area contributed by atoms with Crippen molar-refractivity contribution in [2.75, 3.05) is 4.90 Å². The summed E-state index contributed by atoms with van der Waals surface area (Å²) < 4.78 is 19.3. The second-order valence-corrected chi connectivity index (χ2v) is 5.09. The summed E-state index contributed by atoms with van der Waals surface area (Å²) in [5.41, 5.74) is 0.882. The first-order valence-electron chi connectivity index (χ1n) is 6.62. The Balaban J connectivity index is 1.95. The maximum absolute atomic E-state index is 13.9. The average Bonchev–Trinajstić information content (AvgIpc) is 2.41. The summed E-state index contributed by atoms with van der Waals surface area (Å²) in [6, 6.07) is 6.21. The molecule has 1 saturated carbocycles. The molecule has 1 saturated heterocycles. The fourth-order valence-electron chi connectivity index (χ4n) is 2.97.